The molecule has 1 saturated carbocycles. The van der Waals surface area contributed by atoms with E-state index in [1.165, 1.54) is 18.4 Å². The van der Waals surface area contributed by atoms with Crippen molar-refractivity contribution in [2.75, 3.05) is 0 Å². The van der Waals surface area contributed by atoms with Gasteiger partial charge in [-0.3, -0.25) is 0 Å². The van der Waals surface area contributed by atoms with Gasteiger partial charge in [0, 0.05) is 12.1 Å². The van der Waals surface area contributed by atoms with Crippen LogP contribution in [0.3, 0.4) is 0 Å². The third-order valence-electron chi connectivity index (χ3n) is 4.44. The average Bonchev–Trinajstić information content (AvgIpc) is 3.21. The quantitative estimate of drug-likeness (QED) is 0.781. The molecular weight excluding hydrogens is 274 g/mol. The second kappa shape index (κ2) is 7.12. The molecule has 3 heteroatoms. The lowest BCUT2D eigenvalue weighted by Crippen LogP contribution is -2.40. The Kier molecular flexibility index (Phi) is 4.96. The molecule has 0 radical (unpaired) electrons. The summed E-state index contributed by atoms with van der Waals surface area (Å²) in [6.07, 6.45) is 5.45. The molecule has 1 aromatic carbocycles. The highest BCUT2D eigenvalue weighted by Gasteiger charge is 2.32. The molecule has 0 aliphatic heterocycles. The van der Waals surface area contributed by atoms with Crippen LogP contribution >= 0.6 is 0 Å². The van der Waals surface area contributed by atoms with E-state index in [9.17, 15) is 5.11 Å². The summed E-state index contributed by atoms with van der Waals surface area (Å²) < 4.78 is 5.28. The lowest BCUT2D eigenvalue weighted by atomic mass is 10.00. The molecule has 3 rings (SSSR count). The summed E-state index contributed by atoms with van der Waals surface area (Å²) >= 11 is 0. The van der Waals surface area contributed by atoms with Crippen molar-refractivity contribution < 1.29 is 9.52 Å². The largest absolute Gasteiger partial charge is 0.467 e. The highest BCUT2D eigenvalue weighted by molar-refractivity contribution is 5.16. The van der Waals surface area contributed by atoms with Crippen LogP contribution in [0.25, 0.3) is 0 Å². The summed E-state index contributed by atoms with van der Waals surface area (Å²) in [5.74, 6) is 1.43. The fourth-order valence-electron chi connectivity index (χ4n) is 3.09. The first kappa shape index (κ1) is 15.3. The molecule has 1 heterocycles. The van der Waals surface area contributed by atoms with Crippen LogP contribution in [-0.2, 0) is 6.42 Å². The Morgan fingerprint density at radius 1 is 1.18 bits per heavy atom. The van der Waals surface area contributed by atoms with E-state index in [0.717, 1.165) is 12.3 Å². The maximum absolute atomic E-state index is 10.2. The van der Waals surface area contributed by atoms with Crippen molar-refractivity contribution in [1.29, 1.82) is 0 Å². The Labute approximate surface area is 132 Å². The fraction of sp³-hybridized carbons (Fsp3) is 0.474. The predicted octanol–water partition coefficient (Wildman–Crippen LogP) is 3.70. The molecule has 1 fully saturated rings. The Hall–Kier alpha value is -1.58. The normalized spacial score (nSPS) is 18.8. The number of rotatable bonds is 8. The molecule has 1 aromatic heterocycles. The van der Waals surface area contributed by atoms with Crippen LogP contribution in [0.15, 0.2) is 53.1 Å². The molecule has 1 aliphatic rings. The number of benzene rings is 1. The maximum Gasteiger partial charge on any atom is 0.132 e. The lowest BCUT2D eigenvalue weighted by molar-refractivity contribution is 0.126. The van der Waals surface area contributed by atoms with E-state index in [1.807, 2.05) is 12.1 Å². The zero-order valence-corrected chi connectivity index (χ0v) is 13.1. The molecule has 3 nitrogen and oxygen atoms in total. The van der Waals surface area contributed by atoms with Crippen molar-refractivity contribution in [3.63, 3.8) is 0 Å². The van der Waals surface area contributed by atoms with E-state index >= 15 is 0 Å². The third kappa shape index (κ3) is 4.21. The van der Waals surface area contributed by atoms with E-state index in [0.29, 0.717) is 18.2 Å². The number of hydrogen-bond acceptors (Lipinski definition) is 3. The van der Waals surface area contributed by atoms with Crippen LogP contribution in [0, 0.1) is 5.92 Å². The van der Waals surface area contributed by atoms with E-state index in [-0.39, 0.29) is 6.04 Å². The number of hydrogen-bond donors (Lipinski definition) is 2. The summed E-state index contributed by atoms with van der Waals surface area (Å²) in [6.45, 7) is 2.15. The van der Waals surface area contributed by atoms with E-state index in [1.54, 1.807) is 6.26 Å². The van der Waals surface area contributed by atoms with Gasteiger partial charge in [0.1, 0.15) is 11.9 Å². The molecule has 3 atom stereocenters. The molecule has 118 valence electrons. The van der Waals surface area contributed by atoms with Crippen LogP contribution in [0.1, 0.15) is 43.6 Å². The van der Waals surface area contributed by atoms with Crippen LogP contribution in [0.2, 0.25) is 0 Å². The Morgan fingerprint density at radius 3 is 2.59 bits per heavy atom. The van der Waals surface area contributed by atoms with Gasteiger partial charge in [-0.25, -0.2) is 0 Å². The topological polar surface area (TPSA) is 45.4 Å². The van der Waals surface area contributed by atoms with Crippen molar-refractivity contribution in [1.82, 2.24) is 5.32 Å². The SMILES string of the molecule is CC(CC(O)c1ccco1)NC(Cc1ccccc1)C1CC1. The first-order valence-corrected chi connectivity index (χ1v) is 8.24. The summed E-state index contributed by atoms with van der Waals surface area (Å²) in [5, 5.41) is 13.9. The molecule has 2 aromatic rings. The van der Waals surface area contributed by atoms with Crippen LogP contribution < -0.4 is 5.32 Å². The molecule has 22 heavy (non-hydrogen) atoms. The van der Waals surface area contributed by atoms with Gasteiger partial charge in [-0.2, -0.15) is 0 Å². The minimum atomic E-state index is -0.533. The second-order valence-corrected chi connectivity index (χ2v) is 6.47. The summed E-state index contributed by atoms with van der Waals surface area (Å²) in [4.78, 5) is 0. The molecule has 0 amide bonds. The van der Waals surface area contributed by atoms with Crippen molar-refractivity contribution in [3.05, 3.63) is 60.1 Å². The van der Waals surface area contributed by atoms with Gasteiger partial charge >= 0.3 is 0 Å². The van der Waals surface area contributed by atoms with Gasteiger partial charge in [-0.05, 0) is 56.2 Å². The zero-order valence-electron chi connectivity index (χ0n) is 13.1. The summed E-state index contributed by atoms with van der Waals surface area (Å²) in [7, 11) is 0. The molecule has 0 spiro atoms. The predicted molar refractivity (Wildman–Crippen MR) is 87.5 cm³/mol. The summed E-state index contributed by atoms with van der Waals surface area (Å²) in [5.41, 5.74) is 1.38. The van der Waals surface area contributed by atoms with Gasteiger partial charge in [0.2, 0.25) is 0 Å². The van der Waals surface area contributed by atoms with Crippen LogP contribution in [0.4, 0.5) is 0 Å². The standard InChI is InChI=1S/C19H25NO2/c1-14(12-18(21)19-8-5-11-22-19)20-17(16-9-10-16)13-15-6-3-2-4-7-15/h2-8,11,14,16-18,20-21H,9-10,12-13H2,1H3. The number of aliphatic hydroxyl groups excluding tert-OH is 1. The number of nitrogens with one attached hydrogen (secondary N) is 1. The first-order valence-electron chi connectivity index (χ1n) is 8.24. The minimum absolute atomic E-state index is 0.259. The van der Waals surface area contributed by atoms with Gasteiger partial charge in [0.05, 0.1) is 6.26 Å². The highest BCUT2D eigenvalue weighted by atomic mass is 16.4. The average molecular weight is 299 g/mol. The molecular formula is C19H25NO2. The van der Waals surface area contributed by atoms with Crippen LogP contribution in [0.5, 0.6) is 0 Å². The molecule has 0 saturated heterocycles. The van der Waals surface area contributed by atoms with Gasteiger partial charge in [0.25, 0.3) is 0 Å². The zero-order chi connectivity index (χ0) is 15.4. The number of aliphatic hydroxyl groups is 1. The van der Waals surface area contributed by atoms with Gasteiger partial charge in [-0.15, -0.1) is 0 Å². The third-order valence-corrected chi connectivity index (χ3v) is 4.44. The van der Waals surface area contributed by atoms with E-state index in [2.05, 4.69) is 42.6 Å². The van der Waals surface area contributed by atoms with Gasteiger partial charge in [0.15, 0.2) is 0 Å². The fourth-order valence-corrected chi connectivity index (χ4v) is 3.09. The smallest absolute Gasteiger partial charge is 0.132 e. The van der Waals surface area contributed by atoms with Crippen molar-refractivity contribution in [3.8, 4) is 0 Å². The molecule has 2 N–H and O–H groups in total. The maximum atomic E-state index is 10.2. The molecule has 0 bridgehead atoms. The van der Waals surface area contributed by atoms with Crippen molar-refractivity contribution >= 4 is 0 Å². The van der Waals surface area contributed by atoms with Gasteiger partial charge in [-0.1, -0.05) is 30.3 Å². The molecule has 3 unspecified atom stereocenters. The summed E-state index contributed by atoms with van der Waals surface area (Å²) in [6, 6.07) is 15.1. The monoisotopic (exact) mass is 299 g/mol. The van der Waals surface area contributed by atoms with Gasteiger partial charge < -0.3 is 14.8 Å². The lowest BCUT2D eigenvalue weighted by Gasteiger charge is -2.24. The Balaban J connectivity index is 1.54. The number of furan rings is 1. The minimum Gasteiger partial charge on any atom is -0.467 e. The Morgan fingerprint density at radius 2 is 1.95 bits per heavy atom. The highest BCUT2D eigenvalue weighted by Crippen LogP contribution is 2.34. The second-order valence-electron chi connectivity index (χ2n) is 6.47. The van der Waals surface area contributed by atoms with Crippen LogP contribution in [-0.4, -0.2) is 17.2 Å². The van der Waals surface area contributed by atoms with E-state index in [4.69, 9.17) is 4.42 Å². The van der Waals surface area contributed by atoms with Crippen molar-refractivity contribution in [2.45, 2.75) is 50.8 Å². The van der Waals surface area contributed by atoms with E-state index < -0.39 is 6.10 Å². The Bertz CT molecular complexity index is 548. The molecule has 1 aliphatic carbocycles. The van der Waals surface area contributed by atoms with Crippen molar-refractivity contribution in [2.24, 2.45) is 5.92 Å². The first-order chi connectivity index (χ1) is 10.7.